The fourth-order valence-corrected chi connectivity index (χ4v) is 3.17. The summed E-state index contributed by atoms with van der Waals surface area (Å²) in [7, 11) is 0. The Balaban J connectivity index is 1.41. The Morgan fingerprint density at radius 2 is 1.72 bits per heavy atom. The highest BCUT2D eigenvalue weighted by molar-refractivity contribution is 5.65. The van der Waals surface area contributed by atoms with E-state index < -0.39 is 0 Å². The summed E-state index contributed by atoms with van der Waals surface area (Å²) < 4.78 is 7.78. The van der Waals surface area contributed by atoms with Gasteiger partial charge in [-0.15, -0.1) is 0 Å². The number of ether oxygens (including phenoxy) is 1. The molecule has 124 valence electrons. The van der Waals surface area contributed by atoms with E-state index in [4.69, 9.17) is 4.74 Å². The number of benzene rings is 2. The fraction of sp³-hybridized carbons (Fsp3) is 0.150. The van der Waals surface area contributed by atoms with E-state index in [1.54, 1.807) is 0 Å². The minimum absolute atomic E-state index is 0.561. The molecule has 0 unspecified atom stereocenters. The lowest BCUT2D eigenvalue weighted by atomic mass is 9.96. The Labute approximate surface area is 145 Å². The van der Waals surface area contributed by atoms with Gasteiger partial charge in [-0.2, -0.15) is 5.10 Å². The molecule has 1 aliphatic heterocycles. The van der Waals surface area contributed by atoms with Crippen LogP contribution >= 0.6 is 0 Å². The minimum atomic E-state index is 0.561. The first kappa shape index (κ1) is 14.3. The highest BCUT2D eigenvalue weighted by Gasteiger charge is 2.23. The van der Waals surface area contributed by atoms with Gasteiger partial charge in [0.1, 0.15) is 17.1 Å². The number of rotatable bonds is 4. The van der Waals surface area contributed by atoms with E-state index in [1.807, 2.05) is 59.4 Å². The van der Waals surface area contributed by atoms with Gasteiger partial charge in [-0.1, -0.05) is 18.2 Å². The van der Waals surface area contributed by atoms with E-state index in [2.05, 4.69) is 27.5 Å². The van der Waals surface area contributed by atoms with Gasteiger partial charge in [0.05, 0.1) is 18.1 Å². The number of H-pyrrole nitrogens is 1. The summed E-state index contributed by atoms with van der Waals surface area (Å²) >= 11 is 0. The normalized spacial score (nSPS) is 14.6. The third kappa shape index (κ3) is 2.58. The fourth-order valence-electron chi connectivity index (χ4n) is 3.17. The summed E-state index contributed by atoms with van der Waals surface area (Å²) in [6, 6.07) is 17.9. The van der Waals surface area contributed by atoms with Gasteiger partial charge >= 0.3 is 0 Å². The number of aromatic nitrogens is 3. The molecule has 2 aromatic heterocycles. The van der Waals surface area contributed by atoms with Crippen molar-refractivity contribution < 1.29 is 4.74 Å². The Kier molecular flexibility index (Phi) is 3.31. The molecule has 0 saturated carbocycles. The summed E-state index contributed by atoms with van der Waals surface area (Å²) in [5, 5.41) is 7.79. The van der Waals surface area contributed by atoms with Crippen LogP contribution in [-0.4, -0.2) is 27.7 Å². The van der Waals surface area contributed by atoms with E-state index in [0.29, 0.717) is 5.92 Å². The zero-order chi connectivity index (χ0) is 16.6. The van der Waals surface area contributed by atoms with Crippen molar-refractivity contribution in [1.29, 1.82) is 0 Å². The molecule has 5 rings (SSSR count). The monoisotopic (exact) mass is 330 g/mol. The van der Waals surface area contributed by atoms with Crippen molar-refractivity contribution in [3.8, 4) is 22.8 Å². The van der Waals surface area contributed by atoms with Gasteiger partial charge < -0.3 is 15.0 Å². The zero-order valence-corrected chi connectivity index (χ0v) is 13.6. The number of imidazole rings is 1. The number of nitrogens with one attached hydrogen (secondary N) is 2. The topological polar surface area (TPSA) is 54.4 Å². The van der Waals surface area contributed by atoms with Crippen LogP contribution in [0.15, 0.2) is 67.0 Å². The summed E-state index contributed by atoms with van der Waals surface area (Å²) in [6.07, 6.45) is 4.01. The maximum absolute atomic E-state index is 5.85. The molecule has 0 aliphatic carbocycles. The van der Waals surface area contributed by atoms with Gasteiger partial charge in [0.25, 0.3) is 0 Å². The Morgan fingerprint density at radius 1 is 0.960 bits per heavy atom. The van der Waals surface area contributed by atoms with Gasteiger partial charge in [-0.3, -0.25) is 0 Å². The van der Waals surface area contributed by atoms with Crippen LogP contribution in [0.3, 0.4) is 0 Å². The van der Waals surface area contributed by atoms with Gasteiger partial charge in [-0.05, 0) is 42.0 Å². The Hall–Kier alpha value is -3.05. The van der Waals surface area contributed by atoms with Crippen LogP contribution in [0.4, 0.5) is 0 Å². The van der Waals surface area contributed by atoms with Gasteiger partial charge in [0.15, 0.2) is 0 Å². The van der Waals surface area contributed by atoms with E-state index in [-0.39, 0.29) is 0 Å². The lowest BCUT2D eigenvalue weighted by Gasteiger charge is -2.25. The highest BCUT2D eigenvalue weighted by Crippen LogP contribution is 2.28. The number of nitrogens with zero attached hydrogens (tertiary/aromatic N) is 2. The Morgan fingerprint density at radius 3 is 2.44 bits per heavy atom. The van der Waals surface area contributed by atoms with Crippen molar-refractivity contribution in [2.75, 3.05) is 13.1 Å². The molecule has 0 radical (unpaired) electrons. The number of para-hydroxylation sites is 1. The Bertz CT molecular complexity index is 997. The van der Waals surface area contributed by atoms with Crippen LogP contribution in [0.5, 0.6) is 11.5 Å². The van der Waals surface area contributed by atoms with Crippen molar-refractivity contribution in [1.82, 2.24) is 19.9 Å². The third-order valence-corrected chi connectivity index (χ3v) is 4.69. The van der Waals surface area contributed by atoms with Crippen molar-refractivity contribution in [3.63, 3.8) is 0 Å². The predicted molar refractivity (Wildman–Crippen MR) is 97.1 cm³/mol. The molecule has 3 heterocycles. The molecule has 4 aromatic rings. The molecule has 0 spiro atoms. The molecular formula is C20H18N4O. The van der Waals surface area contributed by atoms with Crippen molar-refractivity contribution >= 4 is 5.65 Å². The quantitative estimate of drug-likeness (QED) is 0.598. The molecule has 0 amide bonds. The van der Waals surface area contributed by atoms with Crippen molar-refractivity contribution in [3.05, 3.63) is 72.6 Å². The van der Waals surface area contributed by atoms with Crippen LogP contribution in [0, 0.1) is 0 Å². The molecule has 1 fully saturated rings. The molecular weight excluding hydrogens is 312 g/mol. The van der Waals surface area contributed by atoms with E-state index in [1.165, 1.54) is 5.56 Å². The van der Waals surface area contributed by atoms with Crippen LogP contribution in [0.1, 0.15) is 11.5 Å². The molecule has 2 N–H and O–H groups in total. The second-order valence-corrected chi connectivity index (χ2v) is 6.36. The number of hydrogen-bond donors (Lipinski definition) is 2. The van der Waals surface area contributed by atoms with E-state index >= 15 is 0 Å². The predicted octanol–water partition coefficient (Wildman–Crippen LogP) is 3.81. The highest BCUT2D eigenvalue weighted by atomic mass is 16.5. The molecule has 5 nitrogen and oxygen atoms in total. The largest absolute Gasteiger partial charge is 0.457 e. The minimum Gasteiger partial charge on any atom is -0.457 e. The molecule has 2 aromatic carbocycles. The second kappa shape index (κ2) is 5.79. The lowest BCUT2D eigenvalue weighted by molar-refractivity contribution is 0.450. The van der Waals surface area contributed by atoms with Gasteiger partial charge in [-0.25, -0.2) is 4.52 Å². The molecule has 0 bridgehead atoms. The van der Waals surface area contributed by atoms with Crippen LogP contribution in [0.2, 0.25) is 0 Å². The zero-order valence-electron chi connectivity index (χ0n) is 13.6. The smallest absolute Gasteiger partial charge is 0.137 e. The maximum Gasteiger partial charge on any atom is 0.137 e. The summed E-state index contributed by atoms with van der Waals surface area (Å²) in [5.41, 5.74) is 4.55. The first-order valence-electron chi connectivity index (χ1n) is 8.47. The summed E-state index contributed by atoms with van der Waals surface area (Å²) in [5.74, 6) is 2.23. The number of hydrogen-bond acceptors (Lipinski definition) is 3. The SMILES string of the molecule is c1ccc(Oc2ccc(-c3cn4ncc(C5CNC5)c4[nH]3)cc2)cc1. The van der Waals surface area contributed by atoms with E-state index in [9.17, 15) is 0 Å². The second-order valence-electron chi connectivity index (χ2n) is 6.36. The average molecular weight is 330 g/mol. The van der Waals surface area contributed by atoms with Crippen LogP contribution < -0.4 is 10.1 Å². The van der Waals surface area contributed by atoms with Crippen molar-refractivity contribution in [2.45, 2.75) is 5.92 Å². The number of aromatic amines is 1. The first-order chi connectivity index (χ1) is 12.4. The molecule has 5 heteroatoms. The molecule has 25 heavy (non-hydrogen) atoms. The van der Waals surface area contributed by atoms with Crippen LogP contribution in [0.25, 0.3) is 16.9 Å². The maximum atomic E-state index is 5.85. The number of fused-ring (bicyclic) bond motifs is 1. The summed E-state index contributed by atoms with van der Waals surface area (Å²) in [4.78, 5) is 3.51. The van der Waals surface area contributed by atoms with Gasteiger partial charge in [0.2, 0.25) is 0 Å². The first-order valence-corrected chi connectivity index (χ1v) is 8.47. The molecule has 1 aliphatic rings. The van der Waals surface area contributed by atoms with Gasteiger partial charge in [0, 0.05) is 24.6 Å². The molecule has 1 saturated heterocycles. The standard InChI is InChI=1S/C20H18N4O/c1-2-4-16(5-3-1)25-17-8-6-14(7-9-17)19-13-24-20(23-19)18(12-22-24)15-10-21-11-15/h1-9,12-13,15,21,23H,10-11H2. The summed E-state index contributed by atoms with van der Waals surface area (Å²) in [6.45, 7) is 2.06. The van der Waals surface area contributed by atoms with Crippen LogP contribution in [-0.2, 0) is 0 Å². The average Bonchev–Trinajstić information content (AvgIpc) is 3.17. The van der Waals surface area contributed by atoms with Crippen molar-refractivity contribution in [2.24, 2.45) is 0 Å². The third-order valence-electron chi connectivity index (χ3n) is 4.69. The molecule has 0 atom stereocenters. The lowest BCUT2D eigenvalue weighted by Crippen LogP contribution is -2.39. The van der Waals surface area contributed by atoms with E-state index in [0.717, 1.165) is 41.5 Å².